The maximum atomic E-state index is 11.5. The van der Waals surface area contributed by atoms with Gasteiger partial charge < -0.3 is 14.7 Å². The van der Waals surface area contributed by atoms with Gasteiger partial charge >= 0.3 is 5.97 Å². The van der Waals surface area contributed by atoms with Gasteiger partial charge in [-0.25, -0.2) is 0 Å². The average Bonchev–Trinajstić information content (AvgIpc) is 2.65. The lowest BCUT2D eigenvalue weighted by atomic mass is 9.85. The van der Waals surface area contributed by atoms with Gasteiger partial charge in [0.05, 0.1) is 31.2 Å². The fourth-order valence-electron chi connectivity index (χ4n) is 2.56. The van der Waals surface area contributed by atoms with E-state index in [0.29, 0.717) is 0 Å². The number of ether oxygens (including phenoxy) is 1. The highest BCUT2D eigenvalue weighted by atomic mass is 16.5. The molecule has 0 aliphatic carbocycles. The monoisotopic (exact) mass is 374 g/mol. The number of aliphatic hydroxyl groups excluding tert-OH is 1. The van der Waals surface area contributed by atoms with Gasteiger partial charge in [0.2, 0.25) is 0 Å². The molecule has 0 saturated carbocycles. The Labute approximate surface area is 163 Å². The van der Waals surface area contributed by atoms with Crippen molar-refractivity contribution in [2.24, 2.45) is 5.41 Å². The van der Waals surface area contributed by atoms with Gasteiger partial charge in [0, 0.05) is 0 Å². The normalized spacial score (nSPS) is 12.5. The van der Waals surface area contributed by atoms with Crippen LogP contribution in [0.15, 0.2) is 0 Å². The molecule has 0 aromatic heterocycles. The standard InChI is InChI=1S/C12H27N.C10H20O3/c1-4-7-10-13(11-8-5-2)12-9-6-3;1-5-10(4,6-2)9(12)13-7-8(3)11/h4-12H2,1-3H3;8,11H,5-7H2,1-4H3/p+1. The molecule has 0 radical (unpaired) electrons. The first kappa shape index (κ1) is 27.6. The van der Waals surface area contributed by atoms with E-state index >= 15 is 0 Å². The third-order valence-electron chi connectivity index (χ3n) is 5.16. The fraction of sp³-hybridized carbons (Fsp3) is 0.955. The first-order valence-electron chi connectivity index (χ1n) is 11.0. The zero-order valence-corrected chi connectivity index (χ0v) is 18.8. The molecule has 0 amide bonds. The number of esters is 1. The van der Waals surface area contributed by atoms with Crippen molar-refractivity contribution in [3.63, 3.8) is 0 Å². The molecule has 158 valence electrons. The summed E-state index contributed by atoms with van der Waals surface area (Å²) < 4.78 is 4.96. The molecule has 0 fully saturated rings. The van der Waals surface area contributed by atoms with Crippen LogP contribution in [0.3, 0.4) is 0 Å². The largest absolute Gasteiger partial charge is 0.463 e. The molecule has 0 bridgehead atoms. The van der Waals surface area contributed by atoms with Crippen LogP contribution in [0.5, 0.6) is 0 Å². The lowest BCUT2D eigenvalue weighted by Gasteiger charge is -2.24. The third-order valence-corrected chi connectivity index (χ3v) is 5.16. The van der Waals surface area contributed by atoms with Crippen molar-refractivity contribution in [3.05, 3.63) is 0 Å². The number of nitrogens with one attached hydrogen (secondary N) is 1. The Balaban J connectivity index is 0. The second-order valence-corrected chi connectivity index (χ2v) is 7.78. The number of hydrogen-bond donors (Lipinski definition) is 2. The number of quaternary nitrogens is 1. The van der Waals surface area contributed by atoms with Crippen LogP contribution in [0, 0.1) is 5.41 Å². The summed E-state index contributed by atoms with van der Waals surface area (Å²) in [5, 5.41) is 8.94. The molecular formula is C22H48NO3+. The number of aliphatic hydroxyl groups is 1. The molecule has 0 spiro atoms. The zero-order valence-electron chi connectivity index (χ0n) is 18.8. The van der Waals surface area contributed by atoms with Crippen LogP contribution in [-0.4, -0.2) is 43.4 Å². The summed E-state index contributed by atoms with van der Waals surface area (Å²) in [5.74, 6) is -0.210. The summed E-state index contributed by atoms with van der Waals surface area (Å²) in [5.41, 5.74) is -0.394. The molecule has 0 aliphatic heterocycles. The van der Waals surface area contributed by atoms with Crippen molar-refractivity contribution >= 4 is 5.97 Å². The summed E-state index contributed by atoms with van der Waals surface area (Å²) >= 11 is 0. The SMILES string of the molecule is CCC(C)(CC)C(=O)OCC(C)O.CCCC[NH+](CCCC)CCCC. The lowest BCUT2D eigenvalue weighted by Crippen LogP contribution is -3.12. The smallest absolute Gasteiger partial charge is 0.311 e. The number of carbonyl (C=O) groups is 1. The van der Waals surface area contributed by atoms with E-state index in [-0.39, 0.29) is 12.6 Å². The summed E-state index contributed by atoms with van der Waals surface area (Å²) in [6, 6.07) is 0. The zero-order chi connectivity index (χ0) is 20.4. The van der Waals surface area contributed by atoms with Crippen LogP contribution < -0.4 is 4.90 Å². The van der Waals surface area contributed by atoms with Crippen LogP contribution in [0.2, 0.25) is 0 Å². The van der Waals surface area contributed by atoms with E-state index < -0.39 is 11.5 Å². The van der Waals surface area contributed by atoms with E-state index in [4.69, 9.17) is 9.84 Å². The van der Waals surface area contributed by atoms with Gasteiger partial charge in [-0.3, -0.25) is 4.79 Å². The van der Waals surface area contributed by atoms with Crippen molar-refractivity contribution in [3.8, 4) is 0 Å². The van der Waals surface area contributed by atoms with Gasteiger partial charge in [0.25, 0.3) is 0 Å². The van der Waals surface area contributed by atoms with E-state index in [0.717, 1.165) is 12.8 Å². The van der Waals surface area contributed by atoms with Gasteiger partial charge in [-0.2, -0.15) is 0 Å². The van der Waals surface area contributed by atoms with E-state index in [1.807, 2.05) is 25.7 Å². The minimum atomic E-state index is -0.582. The molecular weight excluding hydrogens is 326 g/mol. The first-order chi connectivity index (χ1) is 12.3. The number of hydrogen-bond acceptors (Lipinski definition) is 3. The molecule has 26 heavy (non-hydrogen) atoms. The Bertz CT molecular complexity index is 295. The van der Waals surface area contributed by atoms with Gasteiger partial charge in [-0.1, -0.05) is 53.9 Å². The van der Waals surface area contributed by atoms with Gasteiger partial charge in [0.15, 0.2) is 0 Å². The fourth-order valence-corrected chi connectivity index (χ4v) is 2.56. The quantitative estimate of drug-likeness (QED) is 0.452. The topological polar surface area (TPSA) is 51.0 Å². The highest BCUT2D eigenvalue weighted by Crippen LogP contribution is 2.26. The summed E-state index contributed by atoms with van der Waals surface area (Å²) in [6.45, 7) is 18.6. The number of rotatable bonds is 14. The minimum absolute atomic E-state index is 0.0917. The van der Waals surface area contributed by atoms with Crippen LogP contribution in [0.25, 0.3) is 0 Å². The Morgan fingerprint density at radius 2 is 1.31 bits per heavy atom. The second-order valence-electron chi connectivity index (χ2n) is 7.78. The van der Waals surface area contributed by atoms with Crippen LogP contribution >= 0.6 is 0 Å². The van der Waals surface area contributed by atoms with E-state index in [9.17, 15) is 4.79 Å². The van der Waals surface area contributed by atoms with Crippen molar-refractivity contribution in [1.29, 1.82) is 0 Å². The second kappa shape index (κ2) is 17.8. The summed E-state index contributed by atoms with van der Waals surface area (Å²) in [6.07, 6.45) is 9.21. The van der Waals surface area contributed by atoms with Crippen LogP contribution in [-0.2, 0) is 9.53 Å². The molecule has 0 aromatic rings. The summed E-state index contributed by atoms with van der Waals surface area (Å²) in [7, 11) is 0. The van der Waals surface area contributed by atoms with Crippen LogP contribution in [0.1, 0.15) is 99.8 Å². The van der Waals surface area contributed by atoms with Gasteiger partial charge in [-0.05, 0) is 46.0 Å². The maximum Gasteiger partial charge on any atom is 0.311 e. The number of carbonyl (C=O) groups excluding carboxylic acids is 1. The molecule has 0 aromatic carbocycles. The predicted octanol–water partition coefficient (Wildman–Crippen LogP) is 4.01. The Morgan fingerprint density at radius 3 is 1.58 bits per heavy atom. The molecule has 0 heterocycles. The molecule has 2 N–H and O–H groups in total. The predicted molar refractivity (Wildman–Crippen MR) is 112 cm³/mol. The lowest BCUT2D eigenvalue weighted by molar-refractivity contribution is -0.900. The Morgan fingerprint density at radius 1 is 0.923 bits per heavy atom. The minimum Gasteiger partial charge on any atom is -0.463 e. The van der Waals surface area contributed by atoms with Gasteiger partial charge in [0.1, 0.15) is 6.61 Å². The van der Waals surface area contributed by atoms with E-state index in [1.54, 1.807) is 6.92 Å². The Hall–Kier alpha value is -0.610. The van der Waals surface area contributed by atoms with Crippen molar-refractivity contribution in [2.75, 3.05) is 26.2 Å². The molecule has 1 unspecified atom stereocenters. The Kier molecular flexibility index (Phi) is 18.9. The van der Waals surface area contributed by atoms with E-state index in [2.05, 4.69) is 20.8 Å². The van der Waals surface area contributed by atoms with Gasteiger partial charge in [-0.15, -0.1) is 0 Å². The van der Waals surface area contributed by atoms with E-state index in [1.165, 1.54) is 58.2 Å². The summed E-state index contributed by atoms with van der Waals surface area (Å²) in [4.78, 5) is 13.3. The number of unbranched alkanes of at least 4 members (excludes halogenated alkanes) is 3. The highest BCUT2D eigenvalue weighted by Gasteiger charge is 2.30. The van der Waals surface area contributed by atoms with Crippen molar-refractivity contribution in [2.45, 2.75) is 106 Å². The molecule has 4 nitrogen and oxygen atoms in total. The van der Waals surface area contributed by atoms with Crippen molar-refractivity contribution in [1.82, 2.24) is 0 Å². The third kappa shape index (κ3) is 14.5. The first-order valence-corrected chi connectivity index (χ1v) is 11.0. The molecule has 1 atom stereocenters. The van der Waals surface area contributed by atoms with Crippen molar-refractivity contribution < 1.29 is 19.5 Å². The average molecular weight is 375 g/mol. The molecule has 0 saturated heterocycles. The highest BCUT2D eigenvalue weighted by molar-refractivity contribution is 5.76. The molecule has 0 rings (SSSR count). The van der Waals surface area contributed by atoms with Crippen LogP contribution in [0.4, 0.5) is 0 Å². The molecule has 0 aliphatic rings. The maximum absolute atomic E-state index is 11.5. The molecule has 4 heteroatoms.